The van der Waals surface area contributed by atoms with Gasteiger partial charge in [0.05, 0.1) is 24.2 Å². The number of piperidine rings is 1. The highest BCUT2D eigenvalue weighted by Gasteiger charge is 2.41. The highest BCUT2D eigenvalue weighted by molar-refractivity contribution is 7.89. The molecule has 2 atom stereocenters. The molecular formula is C22H27NO6S. The lowest BCUT2D eigenvalue weighted by Gasteiger charge is -2.35. The molecule has 1 aliphatic heterocycles. The molecule has 7 nitrogen and oxygen atoms in total. The fourth-order valence-corrected chi connectivity index (χ4v) is 5.97. The van der Waals surface area contributed by atoms with Crippen molar-refractivity contribution in [2.45, 2.75) is 61.7 Å². The van der Waals surface area contributed by atoms with Crippen LogP contribution in [0.25, 0.3) is 10.8 Å². The second kappa shape index (κ2) is 8.53. The topological polar surface area (TPSA) is 93.1 Å². The van der Waals surface area contributed by atoms with Crippen LogP contribution in [0.5, 0.6) is 5.75 Å². The Balaban J connectivity index is 1.61. The molecule has 0 amide bonds. The Morgan fingerprint density at radius 2 is 1.77 bits per heavy atom. The fourth-order valence-electron chi connectivity index (χ4n) is 4.33. The summed E-state index contributed by atoms with van der Waals surface area (Å²) in [5.74, 6) is 0.132. The number of fused-ring (bicyclic) bond motifs is 1. The van der Waals surface area contributed by atoms with Gasteiger partial charge in [0.2, 0.25) is 10.0 Å². The van der Waals surface area contributed by atoms with Gasteiger partial charge in [0, 0.05) is 13.0 Å². The third-order valence-electron chi connectivity index (χ3n) is 5.99. The highest BCUT2D eigenvalue weighted by atomic mass is 32.2. The second-order valence-corrected chi connectivity index (χ2v) is 9.92. The van der Waals surface area contributed by atoms with Crippen LogP contribution >= 0.6 is 0 Å². The van der Waals surface area contributed by atoms with Crippen LogP contribution in [0.15, 0.2) is 41.3 Å². The van der Waals surface area contributed by atoms with Gasteiger partial charge in [0.25, 0.3) is 0 Å². The zero-order valence-corrected chi connectivity index (χ0v) is 17.8. The molecule has 2 aromatic carbocycles. The maximum absolute atomic E-state index is 13.3. The Bertz CT molecular complexity index is 1030. The SMILES string of the molecule is COC(=O)[C@@H]1CC(O)CCN1S(=O)(=O)c1ccc2cc(OC3CCCC3)ccc2c1. The van der Waals surface area contributed by atoms with E-state index >= 15 is 0 Å². The van der Waals surface area contributed by atoms with E-state index in [1.165, 1.54) is 20.0 Å². The van der Waals surface area contributed by atoms with Crippen LogP contribution in [0.4, 0.5) is 0 Å². The third kappa shape index (κ3) is 4.17. The monoisotopic (exact) mass is 433 g/mol. The first-order valence-corrected chi connectivity index (χ1v) is 11.8. The van der Waals surface area contributed by atoms with Gasteiger partial charge in [-0.2, -0.15) is 4.31 Å². The first-order chi connectivity index (χ1) is 14.4. The summed E-state index contributed by atoms with van der Waals surface area (Å²) < 4.78 is 38.5. The van der Waals surface area contributed by atoms with Gasteiger partial charge in [0.1, 0.15) is 11.8 Å². The quantitative estimate of drug-likeness (QED) is 0.729. The number of aliphatic hydroxyl groups is 1. The molecule has 1 saturated carbocycles. The molecule has 0 spiro atoms. The predicted octanol–water partition coefficient (Wildman–Crippen LogP) is 2.85. The molecule has 30 heavy (non-hydrogen) atoms. The minimum absolute atomic E-state index is 0.0291. The van der Waals surface area contributed by atoms with E-state index in [2.05, 4.69) is 0 Å². The maximum Gasteiger partial charge on any atom is 0.324 e. The molecule has 4 rings (SSSR count). The molecule has 0 radical (unpaired) electrons. The van der Waals surface area contributed by atoms with E-state index in [1.54, 1.807) is 18.2 Å². The van der Waals surface area contributed by atoms with Gasteiger partial charge in [-0.3, -0.25) is 4.79 Å². The van der Waals surface area contributed by atoms with Gasteiger partial charge in [0.15, 0.2) is 0 Å². The average Bonchev–Trinajstić information content (AvgIpc) is 3.25. The number of ether oxygens (including phenoxy) is 2. The number of carbonyl (C=O) groups excluding carboxylic acids is 1. The van der Waals surface area contributed by atoms with E-state index in [-0.39, 0.29) is 30.4 Å². The Hall–Kier alpha value is -2.16. The zero-order chi connectivity index (χ0) is 21.3. The predicted molar refractivity (Wildman–Crippen MR) is 112 cm³/mol. The van der Waals surface area contributed by atoms with Crippen molar-refractivity contribution in [3.63, 3.8) is 0 Å². The lowest BCUT2D eigenvalue weighted by Crippen LogP contribution is -2.51. The number of nitrogens with zero attached hydrogens (tertiary/aromatic N) is 1. The minimum atomic E-state index is -3.92. The molecule has 1 aliphatic carbocycles. The summed E-state index contributed by atoms with van der Waals surface area (Å²) in [5, 5.41) is 11.6. The first-order valence-electron chi connectivity index (χ1n) is 10.4. The van der Waals surface area contributed by atoms with Crippen LogP contribution in [0.2, 0.25) is 0 Å². The van der Waals surface area contributed by atoms with E-state index in [4.69, 9.17) is 9.47 Å². The number of aliphatic hydroxyl groups excluding tert-OH is 1. The summed E-state index contributed by atoms with van der Waals surface area (Å²) in [6, 6.07) is 9.55. The summed E-state index contributed by atoms with van der Waals surface area (Å²) in [6.07, 6.45) is 4.37. The van der Waals surface area contributed by atoms with Crippen molar-refractivity contribution < 1.29 is 27.8 Å². The molecule has 0 bridgehead atoms. The van der Waals surface area contributed by atoms with Gasteiger partial charge < -0.3 is 14.6 Å². The molecule has 8 heteroatoms. The van der Waals surface area contributed by atoms with Crippen molar-refractivity contribution in [3.05, 3.63) is 36.4 Å². The van der Waals surface area contributed by atoms with Crippen LogP contribution in [-0.2, 0) is 19.6 Å². The summed E-state index contributed by atoms with van der Waals surface area (Å²) in [4.78, 5) is 12.3. The number of sulfonamides is 1. The molecule has 1 saturated heterocycles. The van der Waals surface area contributed by atoms with Gasteiger partial charge in [-0.25, -0.2) is 8.42 Å². The Kier molecular flexibility index (Phi) is 5.99. The van der Waals surface area contributed by atoms with Crippen molar-refractivity contribution in [2.24, 2.45) is 0 Å². The third-order valence-corrected chi connectivity index (χ3v) is 7.90. The molecular weight excluding hydrogens is 406 g/mol. The van der Waals surface area contributed by atoms with Gasteiger partial charge in [-0.05, 0) is 67.1 Å². The lowest BCUT2D eigenvalue weighted by atomic mass is 10.0. The number of carbonyl (C=O) groups is 1. The van der Waals surface area contributed by atoms with Crippen LogP contribution in [0, 0.1) is 0 Å². The summed E-state index contributed by atoms with van der Waals surface area (Å²) in [5.41, 5.74) is 0. The summed E-state index contributed by atoms with van der Waals surface area (Å²) in [7, 11) is -2.70. The highest BCUT2D eigenvalue weighted by Crippen LogP contribution is 2.31. The molecule has 2 fully saturated rings. The maximum atomic E-state index is 13.3. The summed E-state index contributed by atoms with van der Waals surface area (Å²) in [6.45, 7) is 0.0650. The van der Waals surface area contributed by atoms with Crippen LogP contribution < -0.4 is 4.74 Å². The number of rotatable bonds is 5. The Labute approximate surface area is 176 Å². The molecule has 2 aliphatic rings. The Morgan fingerprint density at radius 3 is 2.50 bits per heavy atom. The van der Waals surface area contributed by atoms with Crippen LogP contribution in [-0.4, -0.2) is 55.7 Å². The second-order valence-electron chi connectivity index (χ2n) is 8.03. The molecule has 0 aromatic heterocycles. The van der Waals surface area contributed by atoms with E-state index in [9.17, 15) is 18.3 Å². The van der Waals surface area contributed by atoms with Gasteiger partial charge in [-0.15, -0.1) is 0 Å². The van der Waals surface area contributed by atoms with Crippen LogP contribution in [0.1, 0.15) is 38.5 Å². The largest absolute Gasteiger partial charge is 0.490 e. The number of hydrogen-bond donors (Lipinski definition) is 1. The van der Waals surface area contributed by atoms with Gasteiger partial charge >= 0.3 is 5.97 Å². The molecule has 2 aromatic rings. The Morgan fingerprint density at radius 1 is 1.07 bits per heavy atom. The molecule has 1 heterocycles. The number of hydrogen-bond acceptors (Lipinski definition) is 6. The average molecular weight is 434 g/mol. The fraction of sp³-hybridized carbons (Fsp3) is 0.500. The number of benzene rings is 2. The van der Waals surface area contributed by atoms with Crippen molar-refractivity contribution in [1.29, 1.82) is 0 Å². The van der Waals surface area contributed by atoms with Crippen molar-refractivity contribution in [2.75, 3.05) is 13.7 Å². The normalized spacial score (nSPS) is 23.5. The molecule has 1 N–H and O–H groups in total. The summed E-state index contributed by atoms with van der Waals surface area (Å²) >= 11 is 0. The number of esters is 1. The van der Waals surface area contributed by atoms with E-state index in [1.807, 2.05) is 18.2 Å². The van der Waals surface area contributed by atoms with Gasteiger partial charge in [-0.1, -0.05) is 12.1 Å². The first kappa shape index (κ1) is 21.1. The van der Waals surface area contributed by atoms with Crippen molar-refractivity contribution in [3.8, 4) is 5.75 Å². The van der Waals surface area contributed by atoms with E-state index < -0.39 is 28.1 Å². The minimum Gasteiger partial charge on any atom is -0.490 e. The zero-order valence-electron chi connectivity index (χ0n) is 17.0. The standard InChI is InChI=1S/C22H27NO6S/c1-28-22(25)21-14-17(24)10-11-23(21)30(26,27)20-9-7-15-12-19(8-6-16(15)13-20)29-18-4-2-3-5-18/h6-9,12-13,17-18,21,24H,2-5,10-11,14H2,1H3/t17?,21-/m0/s1. The van der Waals surface area contributed by atoms with Crippen LogP contribution in [0.3, 0.4) is 0 Å². The lowest BCUT2D eigenvalue weighted by molar-refractivity contribution is -0.147. The smallest absolute Gasteiger partial charge is 0.324 e. The van der Waals surface area contributed by atoms with Crippen molar-refractivity contribution >= 4 is 26.8 Å². The molecule has 162 valence electrons. The van der Waals surface area contributed by atoms with E-state index in [0.717, 1.165) is 33.7 Å². The van der Waals surface area contributed by atoms with Crippen molar-refractivity contribution in [1.82, 2.24) is 4.31 Å². The van der Waals surface area contributed by atoms with E-state index in [0.29, 0.717) is 0 Å². The number of methoxy groups -OCH3 is 1. The molecule has 1 unspecified atom stereocenters.